The van der Waals surface area contributed by atoms with E-state index in [1.165, 1.54) is 12.8 Å². The van der Waals surface area contributed by atoms with Gasteiger partial charge >= 0.3 is 0 Å². The molecule has 2 amide bonds. The SMILES string of the molecule is CC(=O)N[C@@H]1C[C@@H]2CN(C(=O)Cc3cccc(OCCN)c3)C[C@@H]2C[C@H]1OCC1CC1. The summed E-state index contributed by atoms with van der Waals surface area (Å²) in [6.07, 6.45) is 4.72. The van der Waals surface area contributed by atoms with Crippen LogP contribution in [-0.4, -0.2) is 61.7 Å². The average Bonchev–Trinajstić information content (AvgIpc) is 3.48. The summed E-state index contributed by atoms with van der Waals surface area (Å²) in [5.41, 5.74) is 6.45. The number of nitrogens with two attached hydrogens (primary N) is 1. The number of nitrogens with zero attached hydrogens (tertiary/aromatic N) is 1. The normalized spacial score (nSPS) is 27.6. The van der Waals surface area contributed by atoms with E-state index in [1.807, 2.05) is 29.2 Å². The molecule has 1 aliphatic heterocycles. The van der Waals surface area contributed by atoms with E-state index < -0.39 is 0 Å². The van der Waals surface area contributed by atoms with Gasteiger partial charge in [-0.25, -0.2) is 0 Å². The summed E-state index contributed by atoms with van der Waals surface area (Å²) in [7, 11) is 0. The highest BCUT2D eigenvalue weighted by molar-refractivity contribution is 5.79. The van der Waals surface area contributed by atoms with Gasteiger partial charge in [0.05, 0.1) is 18.6 Å². The van der Waals surface area contributed by atoms with Gasteiger partial charge in [-0.1, -0.05) is 12.1 Å². The quantitative estimate of drug-likeness (QED) is 0.624. The van der Waals surface area contributed by atoms with Crippen molar-refractivity contribution in [2.75, 3.05) is 32.8 Å². The van der Waals surface area contributed by atoms with Crippen LogP contribution in [0.25, 0.3) is 0 Å². The molecule has 7 nitrogen and oxygen atoms in total. The number of amides is 2. The van der Waals surface area contributed by atoms with Crippen LogP contribution in [0, 0.1) is 17.8 Å². The van der Waals surface area contributed by atoms with Crippen molar-refractivity contribution >= 4 is 11.8 Å². The molecule has 3 aliphatic rings. The van der Waals surface area contributed by atoms with Crippen molar-refractivity contribution in [3.63, 3.8) is 0 Å². The van der Waals surface area contributed by atoms with Crippen molar-refractivity contribution < 1.29 is 19.1 Å². The Hall–Kier alpha value is -2.12. The van der Waals surface area contributed by atoms with Crippen LogP contribution in [-0.2, 0) is 20.7 Å². The maximum Gasteiger partial charge on any atom is 0.227 e. The summed E-state index contributed by atoms with van der Waals surface area (Å²) in [4.78, 5) is 26.7. The zero-order valence-corrected chi connectivity index (χ0v) is 18.4. The topological polar surface area (TPSA) is 93.9 Å². The summed E-state index contributed by atoms with van der Waals surface area (Å²) < 4.78 is 11.8. The molecule has 1 aromatic rings. The third kappa shape index (κ3) is 5.98. The smallest absolute Gasteiger partial charge is 0.227 e. The number of likely N-dealkylation sites (tertiary alicyclic amines) is 1. The van der Waals surface area contributed by atoms with E-state index in [1.54, 1.807) is 6.92 Å². The van der Waals surface area contributed by atoms with E-state index in [-0.39, 0.29) is 24.0 Å². The number of hydrogen-bond acceptors (Lipinski definition) is 5. The standard InChI is InChI=1S/C24H35N3O4/c1-16(28)26-22-11-19-13-27(14-20(19)12-23(22)31-15-17-5-6-17)24(29)10-18-3-2-4-21(9-18)30-8-7-25/h2-4,9,17,19-20,22-23H,5-8,10-15,25H2,1H3,(H,26,28)/t19-,20+,22-,23-/m1/s1. The summed E-state index contributed by atoms with van der Waals surface area (Å²) in [6, 6.07) is 7.73. The number of nitrogens with one attached hydrogen (secondary N) is 1. The molecule has 0 bridgehead atoms. The van der Waals surface area contributed by atoms with Gasteiger partial charge in [-0.15, -0.1) is 0 Å². The van der Waals surface area contributed by atoms with Gasteiger partial charge in [0, 0.05) is 33.2 Å². The zero-order valence-electron chi connectivity index (χ0n) is 18.4. The molecule has 0 spiro atoms. The lowest BCUT2D eigenvalue weighted by atomic mass is 9.77. The Kier molecular flexibility index (Phi) is 7.13. The Balaban J connectivity index is 1.34. The van der Waals surface area contributed by atoms with E-state index >= 15 is 0 Å². The number of benzene rings is 1. The highest BCUT2D eigenvalue weighted by Crippen LogP contribution is 2.39. The highest BCUT2D eigenvalue weighted by Gasteiger charge is 2.44. The number of hydrogen-bond donors (Lipinski definition) is 2. The molecule has 4 rings (SSSR count). The fourth-order valence-electron chi connectivity index (χ4n) is 4.97. The Labute approximate surface area is 184 Å². The van der Waals surface area contributed by atoms with Gasteiger partial charge in [0.15, 0.2) is 0 Å². The zero-order chi connectivity index (χ0) is 21.8. The van der Waals surface area contributed by atoms with Crippen LogP contribution in [0.3, 0.4) is 0 Å². The number of carbonyl (C=O) groups excluding carboxylic acids is 2. The van der Waals surface area contributed by atoms with Crippen LogP contribution in [0.15, 0.2) is 24.3 Å². The minimum atomic E-state index is -0.00821. The Morgan fingerprint density at radius 1 is 1.19 bits per heavy atom. The molecule has 1 aromatic carbocycles. The van der Waals surface area contributed by atoms with Crippen LogP contribution in [0.2, 0.25) is 0 Å². The average molecular weight is 430 g/mol. The first-order valence-corrected chi connectivity index (χ1v) is 11.6. The Morgan fingerprint density at radius 2 is 1.97 bits per heavy atom. The van der Waals surface area contributed by atoms with Crippen molar-refractivity contribution in [1.82, 2.24) is 10.2 Å². The number of carbonyl (C=O) groups is 2. The maximum absolute atomic E-state index is 13.0. The van der Waals surface area contributed by atoms with Gasteiger partial charge in [0.2, 0.25) is 11.8 Å². The van der Waals surface area contributed by atoms with Crippen LogP contribution in [0.4, 0.5) is 0 Å². The van der Waals surface area contributed by atoms with Crippen molar-refractivity contribution in [2.45, 2.75) is 51.2 Å². The van der Waals surface area contributed by atoms with Gasteiger partial charge in [0.1, 0.15) is 12.4 Å². The van der Waals surface area contributed by atoms with E-state index in [9.17, 15) is 9.59 Å². The van der Waals surface area contributed by atoms with Gasteiger partial charge in [-0.3, -0.25) is 9.59 Å². The lowest BCUT2D eigenvalue weighted by Gasteiger charge is -2.38. The van der Waals surface area contributed by atoms with E-state index in [0.29, 0.717) is 37.3 Å². The van der Waals surface area contributed by atoms with Gasteiger partial charge in [-0.2, -0.15) is 0 Å². The molecule has 31 heavy (non-hydrogen) atoms. The van der Waals surface area contributed by atoms with E-state index in [4.69, 9.17) is 15.2 Å². The summed E-state index contributed by atoms with van der Waals surface area (Å²) in [5, 5.41) is 3.11. The van der Waals surface area contributed by atoms with Gasteiger partial charge in [0.25, 0.3) is 0 Å². The first-order valence-electron chi connectivity index (χ1n) is 11.6. The molecular formula is C24H35N3O4. The van der Waals surface area contributed by atoms with Crippen molar-refractivity contribution in [2.24, 2.45) is 23.5 Å². The number of rotatable bonds is 9. The van der Waals surface area contributed by atoms with Crippen molar-refractivity contribution in [3.05, 3.63) is 29.8 Å². The maximum atomic E-state index is 13.0. The second kappa shape index (κ2) is 10.0. The molecule has 0 aromatic heterocycles. The largest absolute Gasteiger partial charge is 0.492 e. The molecule has 3 N–H and O–H groups in total. The molecule has 170 valence electrons. The Bertz CT molecular complexity index is 782. The first kappa shape index (κ1) is 22.1. The summed E-state index contributed by atoms with van der Waals surface area (Å²) in [5.74, 6) is 2.45. The molecule has 7 heteroatoms. The van der Waals surface area contributed by atoms with Gasteiger partial charge < -0.3 is 25.4 Å². The van der Waals surface area contributed by atoms with E-state index in [0.717, 1.165) is 43.9 Å². The minimum absolute atomic E-state index is 0.00821. The molecule has 2 aliphatic carbocycles. The van der Waals surface area contributed by atoms with Crippen LogP contribution < -0.4 is 15.8 Å². The van der Waals surface area contributed by atoms with Crippen LogP contribution in [0.1, 0.15) is 38.2 Å². The lowest BCUT2D eigenvalue weighted by Crippen LogP contribution is -2.50. The summed E-state index contributed by atoms with van der Waals surface area (Å²) in [6.45, 7) is 4.83. The third-order valence-electron chi connectivity index (χ3n) is 6.74. The second-order valence-electron chi connectivity index (χ2n) is 9.37. The van der Waals surface area contributed by atoms with Crippen LogP contribution >= 0.6 is 0 Å². The minimum Gasteiger partial charge on any atom is -0.492 e. The molecule has 1 heterocycles. The monoisotopic (exact) mass is 429 g/mol. The molecule has 3 fully saturated rings. The first-order chi connectivity index (χ1) is 15.0. The molecule has 0 unspecified atom stereocenters. The predicted octanol–water partition coefficient (Wildman–Crippen LogP) is 1.73. The molecular weight excluding hydrogens is 394 g/mol. The molecule has 0 radical (unpaired) electrons. The fourth-order valence-corrected chi connectivity index (χ4v) is 4.97. The highest BCUT2D eigenvalue weighted by atomic mass is 16.5. The summed E-state index contributed by atoms with van der Waals surface area (Å²) >= 11 is 0. The lowest BCUT2D eigenvalue weighted by molar-refractivity contribution is -0.129. The second-order valence-corrected chi connectivity index (χ2v) is 9.37. The molecule has 4 atom stereocenters. The molecule has 1 saturated heterocycles. The van der Waals surface area contributed by atoms with E-state index in [2.05, 4.69) is 5.32 Å². The van der Waals surface area contributed by atoms with Crippen molar-refractivity contribution in [3.8, 4) is 5.75 Å². The fraction of sp³-hybridized carbons (Fsp3) is 0.667. The Morgan fingerprint density at radius 3 is 2.68 bits per heavy atom. The molecule has 2 saturated carbocycles. The number of fused-ring (bicyclic) bond motifs is 1. The number of ether oxygens (including phenoxy) is 2. The van der Waals surface area contributed by atoms with Crippen molar-refractivity contribution in [1.29, 1.82) is 0 Å². The van der Waals surface area contributed by atoms with Gasteiger partial charge in [-0.05, 0) is 61.1 Å². The van der Waals surface area contributed by atoms with Crippen LogP contribution in [0.5, 0.6) is 5.75 Å². The predicted molar refractivity (Wildman–Crippen MR) is 118 cm³/mol. The third-order valence-corrected chi connectivity index (χ3v) is 6.74.